The lowest BCUT2D eigenvalue weighted by Gasteiger charge is -2.33. The van der Waals surface area contributed by atoms with Crippen LogP contribution in [0.15, 0.2) is 48.5 Å². The van der Waals surface area contributed by atoms with Gasteiger partial charge in [-0.05, 0) is 48.6 Å². The molecule has 1 aliphatic heterocycles. The zero-order chi connectivity index (χ0) is 17.9. The van der Waals surface area contributed by atoms with E-state index in [1.54, 1.807) is 0 Å². The standard InChI is InChI=1S/C20H23ClN2O2.ClH/c1-14(23-19(24)20(22)10-12-25-13-11-20)17-4-2-3-5-18(17)15-6-8-16(21)9-7-15;/h2-9,14H,10-13,22H2,1H3,(H,23,24);1H. The molecule has 26 heavy (non-hydrogen) atoms. The van der Waals surface area contributed by atoms with Crippen molar-refractivity contribution in [3.05, 3.63) is 59.1 Å². The Labute approximate surface area is 165 Å². The molecule has 0 radical (unpaired) electrons. The molecule has 1 aliphatic rings. The Morgan fingerprint density at radius 3 is 2.42 bits per heavy atom. The van der Waals surface area contributed by atoms with E-state index >= 15 is 0 Å². The third-order valence-corrected chi connectivity index (χ3v) is 5.02. The van der Waals surface area contributed by atoms with E-state index in [0.717, 1.165) is 16.7 Å². The number of halogens is 2. The third kappa shape index (κ3) is 4.57. The zero-order valence-electron chi connectivity index (χ0n) is 14.7. The minimum Gasteiger partial charge on any atom is -0.381 e. The molecule has 1 unspecified atom stereocenters. The maximum atomic E-state index is 12.7. The summed E-state index contributed by atoms with van der Waals surface area (Å²) in [7, 11) is 0. The summed E-state index contributed by atoms with van der Waals surface area (Å²) in [6.07, 6.45) is 1.09. The summed E-state index contributed by atoms with van der Waals surface area (Å²) in [5, 5.41) is 3.78. The van der Waals surface area contributed by atoms with Gasteiger partial charge in [-0.1, -0.05) is 48.0 Å². The Morgan fingerprint density at radius 1 is 1.15 bits per heavy atom. The number of benzene rings is 2. The first kappa shape index (κ1) is 20.7. The van der Waals surface area contributed by atoms with Gasteiger partial charge in [0, 0.05) is 18.2 Å². The lowest BCUT2D eigenvalue weighted by Crippen LogP contribution is -2.57. The molecule has 4 nitrogen and oxygen atoms in total. The second-order valence-corrected chi connectivity index (χ2v) is 6.99. The number of amides is 1. The Balaban J connectivity index is 0.00000243. The van der Waals surface area contributed by atoms with E-state index in [1.165, 1.54) is 0 Å². The summed E-state index contributed by atoms with van der Waals surface area (Å²) >= 11 is 5.99. The highest BCUT2D eigenvalue weighted by atomic mass is 35.5. The van der Waals surface area contributed by atoms with Crippen LogP contribution in [0.3, 0.4) is 0 Å². The minimum absolute atomic E-state index is 0. The predicted molar refractivity (Wildman–Crippen MR) is 108 cm³/mol. The molecular formula is C20H24Cl2N2O2. The molecule has 2 aromatic rings. The van der Waals surface area contributed by atoms with E-state index < -0.39 is 5.54 Å². The summed E-state index contributed by atoms with van der Waals surface area (Å²) in [5.41, 5.74) is 8.63. The van der Waals surface area contributed by atoms with Crippen LogP contribution in [0.25, 0.3) is 11.1 Å². The Morgan fingerprint density at radius 2 is 1.77 bits per heavy atom. The second-order valence-electron chi connectivity index (χ2n) is 6.56. The molecule has 140 valence electrons. The van der Waals surface area contributed by atoms with Gasteiger partial charge in [0.2, 0.25) is 5.91 Å². The van der Waals surface area contributed by atoms with E-state index in [1.807, 2.05) is 55.5 Å². The van der Waals surface area contributed by atoms with Crippen molar-refractivity contribution in [2.45, 2.75) is 31.3 Å². The van der Waals surface area contributed by atoms with Crippen LogP contribution in [-0.2, 0) is 9.53 Å². The molecule has 2 aromatic carbocycles. The average molecular weight is 395 g/mol. The molecule has 0 aliphatic carbocycles. The molecule has 3 N–H and O–H groups in total. The van der Waals surface area contributed by atoms with Gasteiger partial charge in [-0.15, -0.1) is 12.4 Å². The van der Waals surface area contributed by atoms with Crippen LogP contribution in [0.5, 0.6) is 0 Å². The molecule has 1 fully saturated rings. The molecule has 6 heteroatoms. The van der Waals surface area contributed by atoms with Crippen LogP contribution < -0.4 is 11.1 Å². The number of hydrogen-bond donors (Lipinski definition) is 2. The molecule has 1 saturated heterocycles. The average Bonchev–Trinajstić information content (AvgIpc) is 2.63. The van der Waals surface area contributed by atoms with Gasteiger partial charge in [-0.2, -0.15) is 0 Å². The van der Waals surface area contributed by atoms with Crippen molar-refractivity contribution >= 4 is 29.9 Å². The molecule has 1 amide bonds. The molecular weight excluding hydrogens is 371 g/mol. The van der Waals surface area contributed by atoms with Crippen molar-refractivity contribution in [1.29, 1.82) is 0 Å². The summed E-state index contributed by atoms with van der Waals surface area (Å²) < 4.78 is 5.32. The lowest BCUT2D eigenvalue weighted by atomic mass is 9.89. The Kier molecular flexibility index (Phi) is 7.07. The molecule has 3 rings (SSSR count). The van der Waals surface area contributed by atoms with Gasteiger partial charge in [0.05, 0.1) is 11.6 Å². The maximum Gasteiger partial charge on any atom is 0.240 e. The summed E-state index contributed by atoms with van der Waals surface area (Å²) in [6, 6.07) is 15.6. The topological polar surface area (TPSA) is 64.4 Å². The van der Waals surface area contributed by atoms with Crippen molar-refractivity contribution in [3.63, 3.8) is 0 Å². The zero-order valence-corrected chi connectivity index (χ0v) is 16.3. The van der Waals surface area contributed by atoms with Crippen molar-refractivity contribution in [2.75, 3.05) is 13.2 Å². The smallest absolute Gasteiger partial charge is 0.240 e. The number of carbonyl (C=O) groups is 1. The van der Waals surface area contributed by atoms with E-state index in [2.05, 4.69) is 5.32 Å². The van der Waals surface area contributed by atoms with E-state index in [0.29, 0.717) is 31.1 Å². The summed E-state index contributed by atoms with van der Waals surface area (Å²) in [4.78, 5) is 12.7. The van der Waals surface area contributed by atoms with Crippen LogP contribution in [-0.4, -0.2) is 24.7 Å². The highest BCUT2D eigenvalue weighted by molar-refractivity contribution is 6.30. The van der Waals surface area contributed by atoms with Gasteiger partial charge in [0.15, 0.2) is 0 Å². The lowest BCUT2D eigenvalue weighted by molar-refractivity contribution is -0.130. The maximum absolute atomic E-state index is 12.7. The predicted octanol–water partition coefficient (Wildman–Crippen LogP) is 4.11. The highest BCUT2D eigenvalue weighted by Gasteiger charge is 2.36. The van der Waals surface area contributed by atoms with Crippen molar-refractivity contribution in [2.24, 2.45) is 5.73 Å². The normalized spacial score (nSPS) is 17.0. The largest absolute Gasteiger partial charge is 0.381 e. The van der Waals surface area contributed by atoms with E-state index in [4.69, 9.17) is 22.1 Å². The first-order chi connectivity index (χ1) is 12.0. The number of carbonyl (C=O) groups excluding carboxylic acids is 1. The summed E-state index contributed by atoms with van der Waals surface area (Å²) in [6.45, 7) is 3.04. The van der Waals surface area contributed by atoms with Gasteiger partial charge < -0.3 is 15.8 Å². The van der Waals surface area contributed by atoms with Gasteiger partial charge >= 0.3 is 0 Å². The van der Waals surface area contributed by atoms with E-state index in [9.17, 15) is 4.79 Å². The molecule has 0 bridgehead atoms. The number of nitrogens with one attached hydrogen (secondary N) is 1. The molecule has 1 heterocycles. The van der Waals surface area contributed by atoms with Crippen LogP contribution in [0.4, 0.5) is 0 Å². The number of rotatable bonds is 4. The highest BCUT2D eigenvalue weighted by Crippen LogP contribution is 2.29. The second kappa shape index (κ2) is 8.87. The van der Waals surface area contributed by atoms with Crippen LogP contribution in [0.2, 0.25) is 5.02 Å². The third-order valence-electron chi connectivity index (χ3n) is 4.77. The van der Waals surface area contributed by atoms with Gasteiger partial charge in [0.1, 0.15) is 0 Å². The monoisotopic (exact) mass is 394 g/mol. The fourth-order valence-electron chi connectivity index (χ4n) is 3.15. The van der Waals surface area contributed by atoms with Crippen molar-refractivity contribution in [3.8, 4) is 11.1 Å². The molecule has 0 saturated carbocycles. The van der Waals surface area contributed by atoms with E-state index in [-0.39, 0.29) is 24.4 Å². The fraction of sp³-hybridized carbons (Fsp3) is 0.350. The number of hydrogen-bond acceptors (Lipinski definition) is 3. The van der Waals surface area contributed by atoms with Crippen LogP contribution in [0, 0.1) is 0 Å². The first-order valence-electron chi connectivity index (χ1n) is 8.52. The number of ether oxygens (including phenoxy) is 1. The molecule has 1 atom stereocenters. The first-order valence-corrected chi connectivity index (χ1v) is 8.90. The SMILES string of the molecule is CC(NC(=O)C1(N)CCOCC1)c1ccccc1-c1ccc(Cl)cc1.Cl. The molecule has 0 aromatic heterocycles. The Hall–Kier alpha value is -1.59. The number of nitrogens with two attached hydrogens (primary N) is 1. The van der Waals surface area contributed by atoms with Crippen molar-refractivity contribution < 1.29 is 9.53 Å². The van der Waals surface area contributed by atoms with Gasteiger partial charge in [0.25, 0.3) is 0 Å². The fourth-order valence-corrected chi connectivity index (χ4v) is 3.27. The van der Waals surface area contributed by atoms with Crippen LogP contribution >= 0.6 is 24.0 Å². The minimum atomic E-state index is -0.846. The van der Waals surface area contributed by atoms with Gasteiger partial charge in [-0.25, -0.2) is 0 Å². The quantitative estimate of drug-likeness (QED) is 0.819. The van der Waals surface area contributed by atoms with Crippen LogP contribution in [0.1, 0.15) is 31.4 Å². The summed E-state index contributed by atoms with van der Waals surface area (Å²) in [5.74, 6) is -0.116. The van der Waals surface area contributed by atoms with Gasteiger partial charge in [-0.3, -0.25) is 4.79 Å². The molecule has 0 spiro atoms. The van der Waals surface area contributed by atoms with Crippen molar-refractivity contribution in [1.82, 2.24) is 5.32 Å². The Bertz CT molecular complexity index is 744.